The van der Waals surface area contributed by atoms with Crippen LogP contribution in [0.1, 0.15) is 18.4 Å². The zero-order valence-corrected chi connectivity index (χ0v) is 13.1. The van der Waals surface area contributed by atoms with Crippen molar-refractivity contribution in [2.24, 2.45) is 0 Å². The minimum atomic E-state index is 0.537. The maximum Gasteiger partial charge on any atom is 0.318 e. The van der Waals surface area contributed by atoms with E-state index in [4.69, 9.17) is 9.15 Å². The number of hydrogen-bond donors (Lipinski definition) is 0. The maximum absolute atomic E-state index is 6.02. The van der Waals surface area contributed by atoms with Crippen molar-refractivity contribution in [2.75, 3.05) is 37.7 Å². The van der Waals surface area contributed by atoms with E-state index in [9.17, 15) is 0 Å². The first-order chi connectivity index (χ1) is 11.4. The molecule has 0 radical (unpaired) electrons. The van der Waals surface area contributed by atoms with Crippen LogP contribution in [-0.2, 0) is 6.42 Å². The highest BCUT2D eigenvalue weighted by Gasteiger charge is 2.32. The van der Waals surface area contributed by atoms with Gasteiger partial charge in [0.05, 0.1) is 6.61 Å². The standard InChI is InChI=1S/C17H20N4O2/c1-2-15-12(5-10-22-15)11-13(1)16-18-19-17(23-16)21-9-8-20-6-3-14(21)4-7-20/h1-2,11,14H,3-10H2. The van der Waals surface area contributed by atoms with Gasteiger partial charge in [0.1, 0.15) is 5.75 Å². The molecule has 0 amide bonds. The van der Waals surface area contributed by atoms with Gasteiger partial charge in [0.25, 0.3) is 0 Å². The Labute approximate surface area is 135 Å². The zero-order chi connectivity index (χ0) is 15.2. The molecule has 1 aromatic heterocycles. The van der Waals surface area contributed by atoms with Crippen LogP contribution in [0.3, 0.4) is 0 Å². The molecule has 120 valence electrons. The van der Waals surface area contributed by atoms with Gasteiger partial charge in [-0.15, -0.1) is 5.10 Å². The highest BCUT2D eigenvalue weighted by molar-refractivity contribution is 5.58. The minimum absolute atomic E-state index is 0.537. The predicted molar refractivity (Wildman–Crippen MR) is 85.7 cm³/mol. The number of nitrogens with zero attached hydrogens (tertiary/aromatic N) is 4. The number of piperidine rings is 1. The van der Waals surface area contributed by atoms with Gasteiger partial charge in [-0.3, -0.25) is 0 Å². The van der Waals surface area contributed by atoms with Crippen molar-refractivity contribution in [1.82, 2.24) is 15.1 Å². The normalized spacial score (nSPS) is 26.0. The third-order valence-corrected chi connectivity index (χ3v) is 5.25. The van der Waals surface area contributed by atoms with Crippen molar-refractivity contribution in [3.63, 3.8) is 0 Å². The first-order valence-electron chi connectivity index (χ1n) is 8.45. The third kappa shape index (κ3) is 2.28. The minimum Gasteiger partial charge on any atom is -0.493 e. The molecule has 4 aliphatic heterocycles. The van der Waals surface area contributed by atoms with Crippen molar-refractivity contribution in [1.29, 1.82) is 0 Å². The predicted octanol–water partition coefficient (Wildman–Crippen LogP) is 1.96. The number of hydrogen-bond acceptors (Lipinski definition) is 6. The summed E-state index contributed by atoms with van der Waals surface area (Å²) in [6, 6.07) is 7.32. The Hall–Kier alpha value is -2.08. The summed E-state index contributed by atoms with van der Waals surface area (Å²) in [7, 11) is 0. The molecule has 0 spiro atoms. The summed E-state index contributed by atoms with van der Waals surface area (Å²) in [6.45, 7) is 5.20. The van der Waals surface area contributed by atoms with Crippen LogP contribution in [0.5, 0.6) is 5.75 Å². The van der Waals surface area contributed by atoms with E-state index in [0.29, 0.717) is 17.9 Å². The van der Waals surface area contributed by atoms with Crippen LogP contribution in [0, 0.1) is 0 Å². The van der Waals surface area contributed by atoms with Crippen LogP contribution in [0.25, 0.3) is 11.5 Å². The second-order valence-electron chi connectivity index (χ2n) is 6.58. The second-order valence-corrected chi connectivity index (χ2v) is 6.58. The molecule has 6 nitrogen and oxygen atoms in total. The van der Waals surface area contributed by atoms with Gasteiger partial charge < -0.3 is 19.0 Å². The van der Waals surface area contributed by atoms with Crippen molar-refractivity contribution in [3.05, 3.63) is 23.8 Å². The fraction of sp³-hybridized carbons (Fsp3) is 0.529. The van der Waals surface area contributed by atoms with E-state index in [0.717, 1.165) is 37.4 Å². The quantitative estimate of drug-likeness (QED) is 0.845. The highest BCUT2D eigenvalue weighted by Crippen LogP contribution is 2.32. The fourth-order valence-corrected chi connectivity index (χ4v) is 3.91. The molecule has 23 heavy (non-hydrogen) atoms. The second kappa shape index (κ2) is 5.23. The van der Waals surface area contributed by atoms with Gasteiger partial charge in [0.15, 0.2) is 0 Å². The average molecular weight is 312 g/mol. The van der Waals surface area contributed by atoms with Crippen molar-refractivity contribution in [2.45, 2.75) is 25.3 Å². The lowest BCUT2D eigenvalue weighted by atomic mass is 10.1. The molecule has 3 saturated heterocycles. The molecular formula is C17H20N4O2. The van der Waals surface area contributed by atoms with Gasteiger partial charge in [-0.25, -0.2) is 0 Å². The fourth-order valence-electron chi connectivity index (χ4n) is 3.91. The molecule has 2 aromatic rings. The lowest BCUT2D eigenvalue weighted by molar-refractivity contribution is 0.249. The lowest BCUT2D eigenvalue weighted by Crippen LogP contribution is -2.38. The zero-order valence-electron chi connectivity index (χ0n) is 13.1. The lowest BCUT2D eigenvalue weighted by Gasteiger charge is -2.29. The van der Waals surface area contributed by atoms with Crippen molar-refractivity contribution < 1.29 is 9.15 Å². The van der Waals surface area contributed by atoms with Crippen molar-refractivity contribution >= 4 is 6.01 Å². The Morgan fingerprint density at radius 1 is 1.04 bits per heavy atom. The summed E-state index contributed by atoms with van der Waals surface area (Å²) < 4.78 is 11.6. The van der Waals surface area contributed by atoms with Gasteiger partial charge in [-0.1, -0.05) is 5.10 Å². The molecule has 3 fully saturated rings. The largest absolute Gasteiger partial charge is 0.493 e. The van der Waals surface area contributed by atoms with Crippen LogP contribution in [0.2, 0.25) is 0 Å². The number of ether oxygens (including phenoxy) is 1. The van der Waals surface area contributed by atoms with E-state index in [-0.39, 0.29) is 0 Å². The molecule has 1 aromatic carbocycles. The van der Waals surface area contributed by atoms with E-state index < -0.39 is 0 Å². The number of aromatic nitrogens is 2. The van der Waals surface area contributed by atoms with E-state index in [1.54, 1.807) is 0 Å². The highest BCUT2D eigenvalue weighted by atomic mass is 16.5. The number of benzene rings is 1. The van der Waals surface area contributed by atoms with Gasteiger partial charge in [0.2, 0.25) is 5.89 Å². The van der Waals surface area contributed by atoms with E-state index in [1.807, 2.05) is 12.1 Å². The van der Waals surface area contributed by atoms with Gasteiger partial charge in [0, 0.05) is 44.2 Å². The molecule has 0 aliphatic carbocycles. The van der Waals surface area contributed by atoms with Crippen molar-refractivity contribution in [3.8, 4) is 17.2 Å². The summed E-state index contributed by atoms with van der Waals surface area (Å²) in [5, 5.41) is 8.61. The van der Waals surface area contributed by atoms with Gasteiger partial charge in [-0.05, 0) is 36.6 Å². The Morgan fingerprint density at radius 3 is 2.87 bits per heavy atom. The third-order valence-electron chi connectivity index (χ3n) is 5.25. The summed E-state index contributed by atoms with van der Waals surface area (Å²) in [5.41, 5.74) is 2.21. The maximum atomic E-state index is 6.02. The Morgan fingerprint density at radius 2 is 1.96 bits per heavy atom. The number of rotatable bonds is 2. The molecule has 6 rings (SSSR count). The molecule has 0 atom stereocenters. The first-order valence-corrected chi connectivity index (χ1v) is 8.45. The molecule has 0 N–H and O–H groups in total. The van der Waals surface area contributed by atoms with Gasteiger partial charge >= 0.3 is 6.01 Å². The van der Waals surface area contributed by atoms with E-state index in [1.165, 1.54) is 31.5 Å². The first kappa shape index (κ1) is 13.4. The molecular weight excluding hydrogens is 292 g/mol. The van der Waals surface area contributed by atoms with Crippen LogP contribution in [0.4, 0.5) is 6.01 Å². The molecule has 0 unspecified atom stereocenters. The summed E-state index contributed by atoms with van der Waals surface area (Å²) in [5.74, 6) is 1.58. The van der Waals surface area contributed by atoms with Gasteiger partial charge in [-0.2, -0.15) is 0 Å². The Balaban J connectivity index is 1.44. The summed E-state index contributed by atoms with van der Waals surface area (Å²) in [4.78, 5) is 4.83. The smallest absolute Gasteiger partial charge is 0.318 e. The van der Waals surface area contributed by atoms with E-state index >= 15 is 0 Å². The monoisotopic (exact) mass is 312 g/mol. The Bertz CT molecular complexity index is 721. The van der Waals surface area contributed by atoms with Crippen LogP contribution < -0.4 is 9.64 Å². The molecule has 4 aliphatic rings. The molecule has 6 heteroatoms. The number of anilines is 1. The molecule has 5 heterocycles. The molecule has 2 bridgehead atoms. The average Bonchev–Trinajstić information content (AvgIpc) is 3.17. The van der Waals surface area contributed by atoms with E-state index in [2.05, 4.69) is 26.1 Å². The summed E-state index contributed by atoms with van der Waals surface area (Å²) in [6.07, 6.45) is 3.33. The van der Waals surface area contributed by atoms with Crippen LogP contribution >= 0.6 is 0 Å². The molecule has 0 saturated carbocycles. The summed E-state index contributed by atoms with van der Waals surface area (Å²) >= 11 is 0. The van der Waals surface area contributed by atoms with Crippen LogP contribution in [0.15, 0.2) is 22.6 Å². The van der Waals surface area contributed by atoms with Crippen LogP contribution in [-0.4, -0.2) is 53.9 Å². The SMILES string of the molecule is c1cc2c(cc1-c1nnc(N3CCN4CCC3CC4)o1)CCO2. The number of fused-ring (bicyclic) bond motifs is 5. The Kier molecular flexibility index (Phi) is 3.04. The topological polar surface area (TPSA) is 54.6 Å².